The lowest BCUT2D eigenvalue weighted by atomic mass is 9.82. The van der Waals surface area contributed by atoms with Gasteiger partial charge in [-0.1, -0.05) is 25.6 Å². The Morgan fingerprint density at radius 3 is 2.63 bits per heavy atom. The van der Waals surface area contributed by atoms with E-state index in [0.717, 1.165) is 41.0 Å². The van der Waals surface area contributed by atoms with Gasteiger partial charge in [-0.15, -0.1) is 11.3 Å². The summed E-state index contributed by atoms with van der Waals surface area (Å²) in [4.78, 5) is 13.3. The average molecular weight is 442 g/mol. The van der Waals surface area contributed by atoms with Gasteiger partial charge in [-0.2, -0.15) is 5.26 Å². The minimum Gasteiger partial charge on any atom is -0.307 e. The number of hydrogen-bond donors (Lipinski definition) is 2. The van der Waals surface area contributed by atoms with E-state index < -0.39 is 16.1 Å². The van der Waals surface area contributed by atoms with E-state index >= 15 is 0 Å². The van der Waals surface area contributed by atoms with Gasteiger partial charge in [-0.3, -0.25) is 0 Å². The Labute approximate surface area is 180 Å². The molecular formula is C22H23N3O3S2. The Kier molecular flexibility index (Phi) is 5.20. The fourth-order valence-electron chi connectivity index (χ4n) is 3.86. The topological polar surface area (TPSA) is 99.1 Å². The zero-order valence-electron chi connectivity index (χ0n) is 16.9. The van der Waals surface area contributed by atoms with Gasteiger partial charge in [0.1, 0.15) is 6.07 Å². The number of anilines is 1. The lowest BCUT2D eigenvalue weighted by molar-refractivity contribution is 0.256. The van der Waals surface area contributed by atoms with E-state index in [2.05, 4.69) is 35.7 Å². The summed E-state index contributed by atoms with van der Waals surface area (Å²) in [7, 11) is -4.18. The smallest absolute Gasteiger partial charge is 0.307 e. The van der Waals surface area contributed by atoms with Crippen LogP contribution < -0.4 is 10.0 Å². The molecule has 1 unspecified atom stereocenters. The molecular weight excluding hydrogens is 418 g/mol. The highest BCUT2D eigenvalue weighted by Gasteiger charge is 2.33. The van der Waals surface area contributed by atoms with Gasteiger partial charge in [0, 0.05) is 10.6 Å². The van der Waals surface area contributed by atoms with E-state index in [1.165, 1.54) is 24.5 Å². The number of allylic oxidation sites excluding steroid dienone is 1. The summed E-state index contributed by atoms with van der Waals surface area (Å²) in [6.45, 7) is 7.68. The summed E-state index contributed by atoms with van der Waals surface area (Å²) in [5, 5.41) is 12.1. The third kappa shape index (κ3) is 3.75. The van der Waals surface area contributed by atoms with Gasteiger partial charge in [0.25, 0.3) is 10.0 Å². The highest BCUT2D eigenvalue weighted by molar-refractivity contribution is 7.92. The van der Waals surface area contributed by atoms with E-state index in [4.69, 9.17) is 0 Å². The second-order valence-corrected chi connectivity index (χ2v) is 11.0. The summed E-state index contributed by atoms with van der Waals surface area (Å²) in [5.74, 6) is 0.920. The van der Waals surface area contributed by atoms with Crippen LogP contribution in [0.25, 0.3) is 5.57 Å². The molecule has 1 saturated carbocycles. The number of hydrogen-bond acceptors (Lipinski definition) is 5. The van der Waals surface area contributed by atoms with Gasteiger partial charge in [0.2, 0.25) is 0 Å². The van der Waals surface area contributed by atoms with Gasteiger partial charge in [-0.05, 0) is 72.8 Å². The van der Waals surface area contributed by atoms with Crippen molar-refractivity contribution in [3.63, 3.8) is 0 Å². The van der Waals surface area contributed by atoms with Crippen LogP contribution in [0.2, 0.25) is 0 Å². The van der Waals surface area contributed by atoms with Gasteiger partial charge in [0.05, 0.1) is 5.56 Å². The van der Waals surface area contributed by atoms with Crippen LogP contribution in [0.5, 0.6) is 0 Å². The number of carbonyl (C=O) groups excluding carboxylic acids is 1. The molecule has 1 aromatic carbocycles. The van der Waals surface area contributed by atoms with Crippen molar-refractivity contribution in [2.24, 2.45) is 5.92 Å². The molecule has 0 spiro atoms. The summed E-state index contributed by atoms with van der Waals surface area (Å²) in [5.41, 5.74) is 4.74. The van der Waals surface area contributed by atoms with E-state index in [0.29, 0.717) is 22.3 Å². The average Bonchev–Trinajstić information content (AvgIpc) is 3.39. The van der Waals surface area contributed by atoms with Crippen LogP contribution in [0.4, 0.5) is 10.5 Å². The number of amides is 2. The van der Waals surface area contributed by atoms with Crippen LogP contribution >= 0.6 is 11.3 Å². The van der Waals surface area contributed by atoms with Gasteiger partial charge in [0.15, 0.2) is 4.21 Å². The molecule has 1 atom stereocenters. The van der Waals surface area contributed by atoms with Gasteiger partial charge < -0.3 is 5.32 Å². The highest BCUT2D eigenvalue weighted by atomic mass is 32.2. The molecule has 1 aromatic heterocycles. The van der Waals surface area contributed by atoms with Crippen molar-refractivity contribution < 1.29 is 13.2 Å². The number of rotatable bonds is 6. The van der Waals surface area contributed by atoms with Crippen LogP contribution in [-0.4, -0.2) is 14.4 Å². The van der Waals surface area contributed by atoms with Crippen molar-refractivity contribution in [3.05, 3.63) is 51.9 Å². The molecule has 2 aliphatic carbocycles. The zero-order chi connectivity index (χ0) is 21.6. The number of benzene rings is 1. The van der Waals surface area contributed by atoms with Crippen molar-refractivity contribution in [1.29, 1.82) is 5.26 Å². The van der Waals surface area contributed by atoms with Crippen molar-refractivity contribution in [1.82, 2.24) is 4.72 Å². The Bertz CT molecular complexity index is 1200. The number of carbonyl (C=O) groups is 1. The number of nitrogens with one attached hydrogen (secondary N) is 2. The van der Waals surface area contributed by atoms with Crippen molar-refractivity contribution in [2.45, 2.75) is 49.7 Å². The Morgan fingerprint density at radius 1 is 1.33 bits per heavy atom. The number of fused-ring (bicyclic) bond motifs is 1. The van der Waals surface area contributed by atoms with E-state index in [-0.39, 0.29) is 9.77 Å². The summed E-state index contributed by atoms with van der Waals surface area (Å²) >= 11 is 0.932. The molecule has 30 heavy (non-hydrogen) atoms. The molecule has 0 radical (unpaired) electrons. The minimum atomic E-state index is -4.18. The normalized spacial score (nSPS) is 16.0. The molecule has 6 nitrogen and oxygen atoms in total. The molecule has 4 rings (SSSR count). The maximum Gasteiger partial charge on any atom is 0.333 e. The van der Waals surface area contributed by atoms with Gasteiger partial charge >= 0.3 is 6.03 Å². The predicted octanol–water partition coefficient (Wildman–Crippen LogP) is 4.78. The molecule has 2 N–H and O–H groups in total. The van der Waals surface area contributed by atoms with Crippen molar-refractivity contribution in [3.8, 4) is 6.07 Å². The van der Waals surface area contributed by atoms with Crippen LogP contribution in [0.15, 0.2) is 29.0 Å². The van der Waals surface area contributed by atoms with Crippen molar-refractivity contribution >= 4 is 38.7 Å². The first-order valence-corrected chi connectivity index (χ1v) is 12.2. The fourth-order valence-corrected chi connectivity index (χ4v) is 6.24. The molecule has 1 heterocycles. The second-order valence-electron chi connectivity index (χ2n) is 8.06. The molecule has 156 valence electrons. The van der Waals surface area contributed by atoms with Crippen LogP contribution in [0, 0.1) is 17.2 Å². The number of aryl methyl sites for hydroxylation is 1. The lowest BCUT2D eigenvalue weighted by Gasteiger charge is -2.27. The molecule has 2 aromatic rings. The third-order valence-corrected chi connectivity index (χ3v) is 9.02. The number of sulfonamides is 1. The maximum absolute atomic E-state index is 12.8. The minimum absolute atomic E-state index is 0.00477. The monoisotopic (exact) mass is 441 g/mol. The molecule has 1 fully saturated rings. The summed E-state index contributed by atoms with van der Waals surface area (Å²) in [6.07, 6.45) is 4.19. The number of thiophene rings is 1. The predicted molar refractivity (Wildman–Crippen MR) is 118 cm³/mol. The molecule has 2 aliphatic rings. The molecule has 0 saturated heterocycles. The highest BCUT2D eigenvalue weighted by Crippen LogP contribution is 2.46. The molecule has 2 amide bonds. The fraction of sp³-hybridized carbons (Fsp3) is 0.364. The largest absolute Gasteiger partial charge is 0.333 e. The van der Waals surface area contributed by atoms with E-state index in [9.17, 15) is 18.5 Å². The van der Waals surface area contributed by atoms with Crippen LogP contribution in [0.3, 0.4) is 0 Å². The van der Waals surface area contributed by atoms with E-state index in [1.807, 2.05) is 6.07 Å². The Morgan fingerprint density at radius 2 is 2.07 bits per heavy atom. The Hall–Kier alpha value is -2.63. The quantitative estimate of drug-likeness (QED) is 0.674. The molecule has 0 bridgehead atoms. The zero-order valence-corrected chi connectivity index (χ0v) is 18.5. The number of nitrogens with zero attached hydrogens (tertiary/aromatic N) is 1. The van der Waals surface area contributed by atoms with Crippen LogP contribution in [-0.2, 0) is 22.9 Å². The third-order valence-electron chi connectivity index (χ3n) is 5.85. The van der Waals surface area contributed by atoms with Crippen molar-refractivity contribution in [2.75, 3.05) is 5.32 Å². The summed E-state index contributed by atoms with van der Waals surface area (Å²) in [6, 6.07) is 6.72. The van der Waals surface area contributed by atoms with E-state index in [1.54, 1.807) is 6.92 Å². The number of urea groups is 1. The van der Waals surface area contributed by atoms with Crippen LogP contribution in [0.1, 0.15) is 59.7 Å². The standard InChI is InChI=1S/C22H23N3O3S2/c1-12(2)19-10-16(11-23)21(29-19)30(27,28)25-22(26)24-20-17(13(3)14-4-5-14)8-6-15-7-9-18(15)20/h6,8,10,13-14H,1,4-5,7,9H2,2-3H3,(H2,24,25,26). The maximum atomic E-state index is 12.8. The SMILES string of the molecule is C=C(C)c1cc(C#N)c(S(=O)(=O)NC(=O)Nc2c(C(C)C3CC3)ccc3c2CC3)s1. The lowest BCUT2D eigenvalue weighted by Crippen LogP contribution is -2.35. The second kappa shape index (κ2) is 7.56. The molecule has 0 aliphatic heterocycles. The molecule has 8 heteroatoms. The van der Waals surface area contributed by atoms with Gasteiger partial charge in [-0.25, -0.2) is 17.9 Å². The first-order valence-electron chi connectivity index (χ1n) is 9.89. The first-order chi connectivity index (χ1) is 14.2. The number of nitriles is 1. The summed E-state index contributed by atoms with van der Waals surface area (Å²) < 4.78 is 27.5. The first kappa shape index (κ1) is 20.6. The Balaban J connectivity index is 1.59.